The molecule has 0 saturated carbocycles. The summed E-state index contributed by atoms with van der Waals surface area (Å²) in [5, 5.41) is 2.74. The molecule has 0 radical (unpaired) electrons. The van der Waals surface area contributed by atoms with Gasteiger partial charge < -0.3 is 10.1 Å². The highest BCUT2D eigenvalue weighted by molar-refractivity contribution is 8.04. The zero-order valence-corrected chi connectivity index (χ0v) is 19.7. The molecular weight excluding hydrogens is 495 g/mol. The van der Waals surface area contributed by atoms with Gasteiger partial charge in [0.1, 0.15) is 10.8 Å². The zero-order valence-electron chi connectivity index (χ0n) is 18.1. The fraction of sp³-hybridized carbons (Fsp3) is 0.120. The lowest BCUT2D eigenvalue weighted by molar-refractivity contribution is -0.178. The van der Waals surface area contributed by atoms with Crippen molar-refractivity contribution in [2.45, 2.75) is 16.6 Å². The molecule has 3 aromatic carbocycles. The molecule has 2 amide bonds. The summed E-state index contributed by atoms with van der Waals surface area (Å²) < 4.78 is 51.8. The molecule has 2 aliphatic heterocycles. The first-order valence-electron chi connectivity index (χ1n) is 10.5. The predicted molar refractivity (Wildman–Crippen MR) is 131 cm³/mol. The summed E-state index contributed by atoms with van der Waals surface area (Å²) in [4.78, 5) is 20.0. The van der Waals surface area contributed by atoms with Crippen molar-refractivity contribution in [3.8, 4) is 5.75 Å². The Morgan fingerprint density at radius 2 is 1.71 bits per heavy atom. The summed E-state index contributed by atoms with van der Waals surface area (Å²) in [5.41, 5.74) is -1.91. The highest BCUT2D eigenvalue weighted by Gasteiger charge is 2.65. The van der Waals surface area contributed by atoms with Gasteiger partial charge in [0, 0.05) is 4.90 Å². The van der Waals surface area contributed by atoms with Crippen molar-refractivity contribution in [2.75, 3.05) is 12.0 Å². The van der Waals surface area contributed by atoms with E-state index in [9.17, 15) is 4.79 Å². The number of thiazole rings is 1. The molecule has 1 atom stereocenters. The second-order valence-corrected chi connectivity index (χ2v) is 10.0. The van der Waals surface area contributed by atoms with Gasteiger partial charge in [-0.05, 0) is 42.0 Å². The van der Waals surface area contributed by atoms with Gasteiger partial charge in [0.25, 0.3) is 0 Å². The number of urea groups is 1. The third-order valence-electron chi connectivity index (χ3n) is 6.06. The van der Waals surface area contributed by atoms with Crippen molar-refractivity contribution in [2.24, 2.45) is 0 Å². The maximum Gasteiger partial charge on any atom is 0.420 e. The molecule has 2 aliphatic rings. The van der Waals surface area contributed by atoms with Gasteiger partial charge in [0.15, 0.2) is 5.54 Å². The lowest BCUT2D eigenvalue weighted by Crippen LogP contribution is -2.62. The number of para-hydroxylation sites is 2. The number of carbonyl (C=O) groups excluding carboxylic acids is 1. The molecule has 6 rings (SSSR count). The molecule has 3 heterocycles. The average Bonchev–Trinajstić information content (AvgIpc) is 3.45. The first-order chi connectivity index (χ1) is 16.8. The van der Waals surface area contributed by atoms with E-state index in [0.717, 1.165) is 16.5 Å². The second-order valence-electron chi connectivity index (χ2n) is 7.98. The van der Waals surface area contributed by atoms with Crippen LogP contribution in [-0.4, -0.2) is 24.3 Å². The summed E-state index contributed by atoms with van der Waals surface area (Å²) in [5.74, 6) is 0.409. The van der Waals surface area contributed by atoms with Crippen LogP contribution >= 0.6 is 23.1 Å². The van der Waals surface area contributed by atoms with E-state index in [2.05, 4.69) is 10.3 Å². The maximum absolute atomic E-state index is 15.3. The largest absolute Gasteiger partial charge is 0.497 e. The number of rotatable bonds is 3. The number of halogens is 3. The van der Waals surface area contributed by atoms with E-state index in [1.54, 1.807) is 36.4 Å². The van der Waals surface area contributed by atoms with Gasteiger partial charge in [-0.2, -0.15) is 13.2 Å². The van der Waals surface area contributed by atoms with Gasteiger partial charge in [-0.25, -0.2) is 9.78 Å². The number of hydrogen-bond acceptors (Lipinski definition) is 5. The Labute approximate surface area is 206 Å². The highest BCUT2D eigenvalue weighted by atomic mass is 32.2. The van der Waals surface area contributed by atoms with Crippen molar-refractivity contribution < 1.29 is 22.7 Å². The molecule has 0 spiro atoms. The molecule has 0 bridgehead atoms. The Kier molecular flexibility index (Phi) is 4.87. The number of nitrogens with zero attached hydrogens (tertiary/aromatic N) is 2. The van der Waals surface area contributed by atoms with Crippen LogP contribution in [0.4, 0.5) is 23.7 Å². The lowest BCUT2D eigenvalue weighted by atomic mass is 9.80. The highest BCUT2D eigenvalue weighted by Crippen LogP contribution is 2.59. The van der Waals surface area contributed by atoms with Crippen molar-refractivity contribution in [3.63, 3.8) is 0 Å². The molecule has 35 heavy (non-hydrogen) atoms. The van der Waals surface area contributed by atoms with E-state index < -0.39 is 17.7 Å². The van der Waals surface area contributed by atoms with Crippen LogP contribution in [0.5, 0.6) is 5.75 Å². The Morgan fingerprint density at radius 3 is 2.43 bits per heavy atom. The number of fused-ring (bicyclic) bond motifs is 4. The summed E-state index contributed by atoms with van der Waals surface area (Å²) in [7, 11) is 1.44. The maximum atomic E-state index is 15.3. The monoisotopic (exact) mass is 511 g/mol. The number of aromatic nitrogens is 1. The van der Waals surface area contributed by atoms with Crippen LogP contribution in [0.2, 0.25) is 0 Å². The number of nitrogens with one attached hydrogen (secondary N) is 1. The minimum absolute atomic E-state index is 0.0998. The Bertz CT molecular complexity index is 1480. The third-order valence-corrected chi connectivity index (χ3v) is 8.26. The summed E-state index contributed by atoms with van der Waals surface area (Å²) in [6.07, 6.45) is -4.88. The van der Waals surface area contributed by atoms with E-state index in [4.69, 9.17) is 4.74 Å². The number of ether oxygens (including phenoxy) is 1. The molecule has 4 aromatic rings. The number of benzene rings is 3. The fourth-order valence-corrected chi connectivity index (χ4v) is 6.83. The van der Waals surface area contributed by atoms with Gasteiger partial charge in [-0.15, -0.1) is 11.3 Å². The SMILES string of the molecule is COc1ccc([C@]2(C(F)(F)F)NC(=O)N3C(=C2c2nc4ccccc4s2)Sc2ccccc23)cc1. The summed E-state index contributed by atoms with van der Waals surface area (Å²) >= 11 is 2.31. The van der Waals surface area contributed by atoms with Crippen molar-refractivity contribution in [1.82, 2.24) is 10.3 Å². The average molecular weight is 512 g/mol. The smallest absolute Gasteiger partial charge is 0.420 e. The van der Waals surface area contributed by atoms with Crippen molar-refractivity contribution >= 4 is 50.6 Å². The topological polar surface area (TPSA) is 54.5 Å². The van der Waals surface area contributed by atoms with Crippen LogP contribution in [0, 0.1) is 0 Å². The molecule has 10 heteroatoms. The van der Waals surface area contributed by atoms with E-state index in [1.807, 2.05) is 12.1 Å². The number of carbonyl (C=O) groups is 1. The normalized spacial score (nSPS) is 19.5. The molecular formula is C25H16F3N3O2S2. The molecule has 1 aromatic heterocycles. The molecule has 0 saturated heterocycles. The van der Waals surface area contributed by atoms with Crippen molar-refractivity contribution in [1.29, 1.82) is 0 Å². The number of anilines is 1. The standard InChI is InChI=1S/C25H16F3N3O2S2/c1-33-15-12-10-14(11-13-15)24(25(26,27)28)20(21-29-16-6-2-4-8-18(16)34-21)22-31(23(32)30-24)17-7-3-5-9-19(17)35-22/h2-13H,1H3,(H,30,32)/t24-/m0/s1. The predicted octanol–water partition coefficient (Wildman–Crippen LogP) is 6.77. The molecule has 1 N–H and O–H groups in total. The number of methoxy groups -OCH3 is 1. The van der Waals surface area contributed by atoms with Crippen LogP contribution < -0.4 is 15.0 Å². The van der Waals surface area contributed by atoms with Crippen LogP contribution in [0.25, 0.3) is 15.8 Å². The molecule has 176 valence electrons. The molecule has 0 aliphatic carbocycles. The first-order valence-corrected chi connectivity index (χ1v) is 12.2. The van der Waals surface area contributed by atoms with Crippen LogP contribution in [0.15, 0.2) is 82.7 Å². The van der Waals surface area contributed by atoms with E-state index in [1.165, 1.54) is 47.6 Å². The lowest BCUT2D eigenvalue weighted by Gasteiger charge is -2.43. The van der Waals surface area contributed by atoms with E-state index >= 15 is 13.2 Å². The molecule has 5 nitrogen and oxygen atoms in total. The van der Waals surface area contributed by atoms with Crippen LogP contribution in [-0.2, 0) is 5.54 Å². The Morgan fingerprint density at radius 1 is 1.00 bits per heavy atom. The van der Waals surface area contributed by atoms with Crippen LogP contribution in [0.1, 0.15) is 10.6 Å². The molecule has 0 fully saturated rings. The van der Waals surface area contributed by atoms with Gasteiger partial charge >= 0.3 is 12.2 Å². The van der Waals surface area contributed by atoms with Gasteiger partial charge in [-0.3, -0.25) is 4.90 Å². The first kappa shape index (κ1) is 22.0. The van der Waals surface area contributed by atoms with Gasteiger partial charge in [0.2, 0.25) is 0 Å². The number of amides is 2. The third kappa shape index (κ3) is 3.16. The molecule has 0 unspecified atom stereocenters. The number of thioether (sulfide) groups is 1. The Hall–Kier alpha value is -3.50. The minimum atomic E-state index is -4.88. The van der Waals surface area contributed by atoms with Crippen LogP contribution in [0.3, 0.4) is 0 Å². The zero-order chi connectivity index (χ0) is 24.4. The summed E-state index contributed by atoms with van der Waals surface area (Å²) in [6.45, 7) is 0. The number of alkyl halides is 3. The van der Waals surface area contributed by atoms with Crippen molar-refractivity contribution in [3.05, 3.63) is 88.4 Å². The fourth-order valence-electron chi connectivity index (χ4n) is 4.46. The second kappa shape index (κ2) is 7.76. The van der Waals surface area contributed by atoms with E-state index in [0.29, 0.717) is 21.8 Å². The summed E-state index contributed by atoms with van der Waals surface area (Å²) in [6, 6.07) is 19.0. The van der Waals surface area contributed by atoms with Gasteiger partial charge in [-0.1, -0.05) is 48.2 Å². The van der Waals surface area contributed by atoms with Gasteiger partial charge in [0.05, 0.1) is 33.6 Å². The number of hydrogen-bond donors (Lipinski definition) is 1. The quantitative estimate of drug-likeness (QED) is 0.330. The van der Waals surface area contributed by atoms with E-state index in [-0.39, 0.29) is 21.2 Å². The minimum Gasteiger partial charge on any atom is -0.497 e. The Balaban J connectivity index is 1.70.